The van der Waals surface area contributed by atoms with Crippen LogP contribution in [0, 0.1) is 0 Å². The van der Waals surface area contributed by atoms with Crippen LogP contribution >= 0.6 is 23.4 Å². The molecule has 0 spiro atoms. The quantitative estimate of drug-likeness (QED) is 0.765. The molecule has 7 heteroatoms. The van der Waals surface area contributed by atoms with E-state index >= 15 is 0 Å². The fourth-order valence-electron chi connectivity index (χ4n) is 2.96. The number of H-pyrrole nitrogens is 1. The van der Waals surface area contributed by atoms with Crippen molar-refractivity contribution < 1.29 is 9.53 Å². The lowest BCUT2D eigenvalue weighted by molar-refractivity contribution is 0.0203. The molecule has 3 rings (SSSR count). The first-order valence-electron chi connectivity index (χ1n) is 8.77. The van der Waals surface area contributed by atoms with E-state index < -0.39 is 5.60 Å². The number of nitrogens with zero attached hydrogens (tertiary/aromatic N) is 2. The summed E-state index contributed by atoms with van der Waals surface area (Å²) >= 11 is 7.64. The number of aromatic nitrogens is 2. The third-order valence-electron chi connectivity index (χ3n) is 4.21. The first-order valence-corrected chi connectivity index (χ1v) is 9.96. The minimum atomic E-state index is -0.460. The molecule has 0 radical (unpaired) electrons. The summed E-state index contributed by atoms with van der Waals surface area (Å²) in [4.78, 5) is 16.3. The van der Waals surface area contributed by atoms with Gasteiger partial charge in [-0.3, -0.25) is 5.10 Å². The van der Waals surface area contributed by atoms with Crippen LogP contribution in [0.1, 0.15) is 45.2 Å². The van der Waals surface area contributed by atoms with Gasteiger partial charge in [0.05, 0.1) is 10.6 Å². The number of benzene rings is 1. The number of aromatic amines is 1. The SMILES string of the molecule is CC(C)(C)OC(=O)N1CCC(c2n[nH]cc2Sc2ccc(Cl)cc2)CC1. The molecule has 2 heterocycles. The van der Waals surface area contributed by atoms with Crippen LogP contribution < -0.4 is 0 Å². The first kappa shape index (κ1) is 19.1. The van der Waals surface area contributed by atoms with Gasteiger partial charge < -0.3 is 9.64 Å². The van der Waals surface area contributed by atoms with Crippen LogP contribution in [-0.4, -0.2) is 39.9 Å². The summed E-state index contributed by atoms with van der Waals surface area (Å²) in [5, 5.41) is 8.20. The molecule has 0 bridgehead atoms. The Kier molecular flexibility index (Phi) is 5.82. The Morgan fingerprint density at radius 1 is 1.27 bits per heavy atom. The number of amides is 1. The lowest BCUT2D eigenvalue weighted by Gasteiger charge is -2.33. The normalized spacial score (nSPS) is 15.9. The van der Waals surface area contributed by atoms with Crippen LogP contribution in [0.3, 0.4) is 0 Å². The number of rotatable bonds is 3. The van der Waals surface area contributed by atoms with E-state index in [1.807, 2.05) is 51.2 Å². The van der Waals surface area contributed by atoms with Crippen molar-refractivity contribution in [3.05, 3.63) is 41.2 Å². The minimum Gasteiger partial charge on any atom is -0.444 e. The van der Waals surface area contributed by atoms with Gasteiger partial charge in [-0.15, -0.1) is 0 Å². The van der Waals surface area contributed by atoms with Gasteiger partial charge in [0.2, 0.25) is 0 Å². The van der Waals surface area contributed by atoms with Crippen molar-refractivity contribution in [2.45, 2.75) is 54.9 Å². The van der Waals surface area contributed by atoms with Crippen LogP contribution in [0.5, 0.6) is 0 Å². The predicted octanol–water partition coefficient (Wildman–Crippen LogP) is 5.33. The number of carbonyl (C=O) groups excluding carboxylic acids is 1. The number of ether oxygens (including phenoxy) is 1. The van der Waals surface area contributed by atoms with Gasteiger partial charge in [-0.2, -0.15) is 5.10 Å². The van der Waals surface area contributed by atoms with E-state index in [0.717, 1.165) is 33.3 Å². The Morgan fingerprint density at radius 2 is 1.92 bits per heavy atom. The van der Waals surface area contributed by atoms with Gasteiger partial charge in [-0.25, -0.2) is 4.79 Å². The highest BCUT2D eigenvalue weighted by atomic mass is 35.5. The predicted molar refractivity (Wildman–Crippen MR) is 104 cm³/mol. The minimum absolute atomic E-state index is 0.228. The Balaban J connectivity index is 1.61. The summed E-state index contributed by atoms with van der Waals surface area (Å²) in [6, 6.07) is 7.80. The lowest BCUT2D eigenvalue weighted by atomic mass is 9.94. The molecule has 0 aliphatic carbocycles. The summed E-state index contributed by atoms with van der Waals surface area (Å²) in [5.74, 6) is 0.342. The van der Waals surface area contributed by atoms with Gasteiger partial charge >= 0.3 is 6.09 Å². The van der Waals surface area contributed by atoms with E-state index in [9.17, 15) is 4.79 Å². The van der Waals surface area contributed by atoms with Gasteiger partial charge in [-0.1, -0.05) is 23.4 Å². The highest BCUT2D eigenvalue weighted by Crippen LogP contribution is 2.37. The lowest BCUT2D eigenvalue weighted by Crippen LogP contribution is -2.41. The number of hydrogen-bond donors (Lipinski definition) is 1. The second kappa shape index (κ2) is 7.92. The molecule has 2 aromatic rings. The Morgan fingerprint density at radius 3 is 2.54 bits per heavy atom. The standard InChI is InChI=1S/C19H24ClN3O2S/c1-19(2,3)25-18(24)23-10-8-13(9-11-23)17-16(12-21-22-17)26-15-6-4-14(20)5-7-15/h4-7,12-13H,8-11H2,1-3H3,(H,21,22). The summed E-state index contributed by atoms with van der Waals surface area (Å²) in [6.45, 7) is 7.06. The topological polar surface area (TPSA) is 58.2 Å². The number of halogens is 1. The van der Waals surface area contributed by atoms with Crippen LogP contribution in [0.25, 0.3) is 0 Å². The molecule has 5 nitrogen and oxygen atoms in total. The van der Waals surface area contributed by atoms with Crippen molar-refractivity contribution in [1.82, 2.24) is 15.1 Å². The highest BCUT2D eigenvalue weighted by Gasteiger charge is 2.29. The summed E-state index contributed by atoms with van der Waals surface area (Å²) in [6.07, 6.45) is 3.49. The van der Waals surface area contributed by atoms with E-state index in [1.165, 1.54) is 0 Å². The second-order valence-corrected chi connectivity index (χ2v) is 8.98. The maximum Gasteiger partial charge on any atom is 0.410 e. The fraction of sp³-hybridized carbons (Fsp3) is 0.474. The van der Waals surface area contributed by atoms with E-state index in [4.69, 9.17) is 16.3 Å². The van der Waals surface area contributed by atoms with Gasteiger partial charge in [0.15, 0.2) is 0 Å². The maximum atomic E-state index is 12.2. The molecule has 0 saturated carbocycles. The van der Waals surface area contributed by atoms with Crippen molar-refractivity contribution in [2.75, 3.05) is 13.1 Å². The highest BCUT2D eigenvalue weighted by molar-refractivity contribution is 7.99. The number of hydrogen-bond acceptors (Lipinski definition) is 4. The number of likely N-dealkylation sites (tertiary alicyclic amines) is 1. The molecule has 1 fully saturated rings. The van der Waals surface area contributed by atoms with Crippen molar-refractivity contribution in [2.24, 2.45) is 0 Å². The molecular formula is C19H24ClN3O2S. The largest absolute Gasteiger partial charge is 0.444 e. The number of carbonyl (C=O) groups is 1. The molecule has 1 aromatic carbocycles. The van der Waals surface area contributed by atoms with Crippen molar-refractivity contribution in [3.63, 3.8) is 0 Å². The molecule has 0 atom stereocenters. The molecule has 1 aromatic heterocycles. The van der Waals surface area contributed by atoms with Crippen molar-refractivity contribution in [1.29, 1.82) is 0 Å². The van der Waals surface area contributed by atoms with E-state index in [0.29, 0.717) is 19.0 Å². The molecule has 0 unspecified atom stereocenters. The van der Waals surface area contributed by atoms with Crippen LogP contribution in [0.4, 0.5) is 4.79 Å². The van der Waals surface area contributed by atoms with Gasteiger partial charge in [0.25, 0.3) is 0 Å². The van der Waals surface area contributed by atoms with Gasteiger partial charge in [0, 0.05) is 35.1 Å². The van der Waals surface area contributed by atoms with Gasteiger partial charge in [-0.05, 0) is 57.9 Å². The zero-order valence-electron chi connectivity index (χ0n) is 15.3. The van der Waals surface area contributed by atoms with E-state index in [-0.39, 0.29) is 6.09 Å². The number of nitrogens with one attached hydrogen (secondary N) is 1. The van der Waals surface area contributed by atoms with Crippen LogP contribution in [-0.2, 0) is 4.74 Å². The maximum absolute atomic E-state index is 12.2. The average molecular weight is 394 g/mol. The smallest absolute Gasteiger partial charge is 0.410 e. The molecule has 26 heavy (non-hydrogen) atoms. The third-order valence-corrected chi connectivity index (χ3v) is 5.51. The van der Waals surface area contributed by atoms with Crippen LogP contribution in [0.15, 0.2) is 40.3 Å². The summed E-state index contributed by atoms with van der Waals surface area (Å²) < 4.78 is 5.47. The Labute approximate surface area is 163 Å². The molecule has 140 valence electrons. The van der Waals surface area contributed by atoms with Gasteiger partial charge in [0.1, 0.15) is 5.60 Å². The molecule has 1 N–H and O–H groups in total. The van der Waals surface area contributed by atoms with E-state index in [1.54, 1.807) is 16.7 Å². The average Bonchev–Trinajstić information content (AvgIpc) is 3.04. The second-order valence-electron chi connectivity index (χ2n) is 7.43. The fourth-order valence-corrected chi connectivity index (χ4v) is 4.04. The Hall–Kier alpha value is -1.66. The summed E-state index contributed by atoms with van der Waals surface area (Å²) in [5.41, 5.74) is 0.618. The first-order chi connectivity index (χ1) is 12.3. The molecular weight excluding hydrogens is 370 g/mol. The Bertz CT molecular complexity index is 747. The summed E-state index contributed by atoms with van der Waals surface area (Å²) in [7, 11) is 0. The van der Waals surface area contributed by atoms with Crippen molar-refractivity contribution >= 4 is 29.5 Å². The van der Waals surface area contributed by atoms with Crippen LogP contribution in [0.2, 0.25) is 5.02 Å². The zero-order chi connectivity index (χ0) is 18.7. The zero-order valence-corrected chi connectivity index (χ0v) is 16.9. The van der Waals surface area contributed by atoms with E-state index in [2.05, 4.69) is 10.2 Å². The van der Waals surface area contributed by atoms with Crippen molar-refractivity contribution in [3.8, 4) is 0 Å². The molecule has 1 aliphatic heterocycles. The number of piperidine rings is 1. The molecule has 1 amide bonds. The third kappa shape index (κ3) is 4.95. The molecule has 1 saturated heterocycles. The molecule has 1 aliphatic rings. The monoisotopic (exact) mass is 393 g/mol.